The zero-order valence-electron chi connectivity index (χ0n) is 11.2. The molecule has 2 aromatic rings. The van der Waals surface area contributed by atoms with E-state index in [9.17, 15) is 9.59 Å². The number of carbonyl (C=O) groups is 2. The van der Waals surface area contributed by atoms with Crippen LogP contribution in [0, 0.1) is 0 Å². The molecule has 0 spiro atoms. The molecule has 0 radical (unpaired) electrons. The first kappa shape index (κ1) is 14.3. The number of hydrogen-bond donors (Lipinski definition) is 2. The summed E-state index contributed by atoms with van der Waals surface area (Å²) in [6, 6.07) is 7.64. The van der Waals surface area contributed by atoms with Gasteiger partial charge in [0.15, 0.2) is 0 Å². The highest BCUT2D eigenvalue weighted by molar-refractivity contribution is 5.95. The molecule has 0 fully saturated rings. The number of benzene rings is 1. The smallest absolute Gasteiger partial charge is 0.340 e. The van der Waals surface area contributed by atoms with E-state index in [1.54, 1.807) is 18.2 Å². The average Bonchev–Trinajstić information content (AvgIpc) is 2.48. The number of nitrogens with two attached hydrogens (primary N) is 2. The fraction of sp³-hybridized carbons (Fsp3) is 0.0714. The molecule has 108 valence electrons. The van der Waals surface area contributed by atoms with Crippen molar-refractivity contribution in [3.63, 3.8) is 0 Å². The van der Waals surface area contributed by atoms with Crippen molar-refractivity contribution in [3.8, 4) is 11.6 Å². The van der Waals surface area contributed by atoms with E-state index in [0.29, 0.717) is 11.3 Å². The number of rotatable bonds is 4. The van der Waals surface area contributed by atoms with Crippen molar-refractivity contribution in [1.82, 2.24) is 4.98 Å². The van der Waals surface area contributed by atoms with E-state index < -0.39 is 11.9 Å². The lowest BCUT2D eigenvalue weighted by Gasteiger charge is -2.08. The summed E-state index contributed by atoms with van der Waals surface area (Å²) in [4.78, 5) is 26.6. The van der Waals surface area contributed by atoms with Gasteiger partial charge in [0.1, 0.15) is 5.75 Å². The molecule has 0 saturated carbocycles. The Morgan fingerprint density at radius 3 is 2.67 bits per heavy atom. The molecule has 7 nitrogen and oxygen atoms in total. The Morgan fingerprint density at radius 1 is 1.24 bits per heavy atom. The fourth-order valence-electron chi connectivity index (χ4n) is 1.62. The standard InChI is InChI=1S/C14H13N3O4/c1-20-14(19)10-6-12(17-7-11(10)15)21-9-4-2-3-8(5-9)13(16)18/h2-7H,15H2,1H3,(H2,16,18). The quantitative estimate of drug-likeness (QED) is 0.819. The number of amides is 1. The molecule has 1 heterocycles. The second-order valence-corrected chi connectivity index (χ2v) is 4.10. The molecule has 4 N–H and O–H groups in total. The Labute approximate surface area is 120 Å². The van der Waals surface area contributed by atoms with Crippen LogP contribution in [-0.2, 0) is 4.74 Å². The highest BCUT2D eigenvalue weighted by atomic mass is 16.5. The fourth-order valence-corrected chi connectivity index (χ4v) is 1.62. The van der Waals surface area contributed by atoms with Crippen LogP contribution < -0.4 is 16.2 Å². The number of aromatic nitrogens is 1. The summed E-state index contributed by atoms with van der Waals surface area (Å²) in [5, 5.41) is 0. The molecule has 7 heteroatoms. The summed E-state index contributed by atoms with van der Waals surface area (Å²) in [6.45, 7) is 0. The van der Waals surface area contributed by atoms with Crippen molar-refractivity contribution >= 4 is 17.6 Å². The molecule has 1 aromatic heterocycles. The van der Waals surface area contributed by atoms with Gasteiger partial charge >= 0.3 is 5.97 Å². The lowest BCUT2D eigenvalue weighted by molar-refractivity contribution is 0.0601. The van der Waals surface area contributed by atoms with Gasteiger partial charge in [0.05, 0.1) is 24.6 Å². The van der Waals surface area contributed by atoms with Crippen LogP contribution in [0.5, 0.6) is 11.6 Å². The minimum absolute atomic E-state index is 0.145. The SMILES string of the molecule is COC(=O)c1cc(Oc2cccc(C(N)=O)c2)ncc1N. The second kappa shape index (κ2) is 5.91. The van der Waals surface area contributed by atoms with Gasteiger partial charge in [-0.3, -0.25) is 4.79 Å². The second-order valence-electron chi connectivity index (χ2n) is 4.10. The highest BCUT2D eigenvalue weighted by Gasteiger charge is 2.13. The van der Waals surface area contributed by atoms with Crippen molar-refractivity contribution in [2.45, 2.75) is 0 Å². The summed E-state index contributed by atoms with van der Waals surface area (Å²) in [5.74, 6) is -0.655. The Hall–Kier alpha value is -3.09. The molecule has 0 aliphatic carbocycles. The summed E-state index contributed by atoms with van der Waals surface area (Å²) in [7, 11) is 1.25. The van der Waals surface area contributed by atoms with Crippen LogP contribution in [0.4, 0.5) is 5.69 Å². The first-order valence-corrected chi connectivity index (χ1v) is 5.93. The normalized spacial score (nSPS) is 9.95. The first-order chi connectivity index (χ1) is 10.0. The number of methoxy groups -OCH3 is 1. The lowest BCUT2D eigenvalue weighted by Crippen LogP contribution is -2.10. The third-order valence-corrected chi connectivity index (χ3v) is 2.66. The van der Waals surface area contributed by atoms with E-state index in [-0.39, 0.29) is 17.1 Å². The van der Waals surface area contributed by atoms with Crippen LogP contribution in [0.2, 0.25) is 0 Å². The molecular formula is C14H13N3O4. The largest absolute Gasteiger partial charge is 0.465 e. The molecule has 0 aliphatic heterocycles. The van der Waals surface area contributed by atoms with Gasteiger partial charge in [-0.1, -0.05) is 6.07 Å². The van der Waals surface area contributed by atoms with Crippen molar-refractivity contribution in [1.29, 1.82) is 0 Å². The van der Waals surface area contributed by atoms with Gasteiger partial charge in [-0.2, -0.15) is 0 Å². The molecule has 21 heavy (non-hydrogen) atoms. The van der Waals surface area contributed by atoms with Gasteiger partial charge < -0.3 is 20.9 Å². The summed E-state index contributed by atoms with van der Waals surface area (Å²) < 4.78 is 10.1. The van der Waals surface area contributed by atoms with E-state index in [2.05, 4.69) is 9.72 Å². The maximum absolute atomic E-state index is 11.5. The molecular weight excluding hydrogens is 274 g/mol. The van der Waals surface area contributed by atoms with E-state index in [4.69, 9.17) is 16.2 Å². The van der Waals surface area contributed by atoms with Gasteiger partial charge in [-0.25, -0.2) is 9.78 Å². The predicted octanol–water partition coefficient (Wildman–Crippen LogP) is 1.34. The van der Waals surface area contributed by atoms with Gasteiger partial charge in [0.2, 0.25) is 11.8 Å². The van der Waals surface area contributed by atoms with Gasteiger partial charge in [-0.05, 0) is 18.2 Å². The number of carbonyl (C=O) groups excluding carboxylic acids is 2. The topological polar surface area (TPSA) is 118 Å². The average molecular weight is 287 g/mol. The van der Waals surface area contributed by atoms with Gasteiger partial charge in [-0.15, -0.1) is 0 Å². The Morgan fingerprint density at radius 2 is 2.00 bits per heavy atom. The number of anilines is 1. The third kappa shape index (κ3) is 3.27. The highest BCUT2D eigenvalue weighted by Crippen LogP contribution is 2.23. The van der Waals surface area contributed by atoms with Gasteiger partial charge in [0, 0.05) is 11.6 Å². The lowest BCUT2D eigenvalue weighted by atomic mass is 10.2. The number of nitrogens with zero attached hydrogens (tertiary/aromatic N) is 1. The summed E-state index contributed by atoms with van der Waals surface area (Å²) >= 11 is 0. The van der Waals surface area contributed by atoms with Gasteiger partial charge in [0.25, 0.3) is 0 Å². The molecule has 1 aromatic carbocycles. The molecule has 0 atom stereocenters. The molecule has 0 unspecified atom stereocenters. The zero-order chi connectivity index (χ0) is 15.4. The summed E-state index contributed by atoms with van der Waals surface area (Å²) in [6.07, 6.45) is 1.29. The molecule has 0 saturated heterocycles. The summed E-state index contributed by atoms with van der Waals surface area (Å²) in [5.41, 5.74) is 11.5. The number of hydrogen-bond acceptors (Lipinski definition) is 6. The Balaban J connectivity index is 2.30. The molecule has 1 amide bonds. The van der Waals surface area contributed by atoms with Crippen molar-refractivity contribution in [2.75, 3.05) is 12.8 Å². The number of primary amides is 1. The minimum atomic E-state index is -0.592. The van der Waals surface area contributed by atoms with E-state index in [1.165, 1.54) is 25.4 Å². The first-order valence-electron chi connectivity index (χ1n) is 5.93. The minimum Gasteiger partial charge on any atom is -0.465 e. The Kier molecular flexibility index (Phi) is 4.03. The van der Waals surface area contributed by atoms with Crippen LogP contribution in [0.15, 0.2) is 36.5 Å². The van der Waals surface area contributed by atoms with Crippen molar-refractivity contribution in [2.24, 2.45) is 5.73 Å². The number of nitrogen functional groups attached to an aromatic ring is 1. The van der Waals surface area contributed by atoms with Crippen LogP contribution in [0.1, 0.15) is 20.7 Å². The van der Waals surface area contributed by atoms with Crippen LogP contribution >= 0.6 is 0 Å². The maximum atomic E-state index is 11.5. The van der Waals surface area contributed by atoms with Crippen LogP contribution in [-0.4, -0.2) is 24.0 Å². The third-order valence-electron chi connectivity index (χ3n) is 2.66. The maximum Gasteiger partial charge on any atom is 0.340 e. The predicted molar refractivity (Wildman–Crippen MR) is 75.0 cm³/mol. The monoisotopic (exact) mass is 287 g/mol. The van der Waals surface area contributed by atoms with Crippen LogP contribution in [0.3, 0.4) is 0 Å². The number of esters is 1. The van der Waals surface area contributed by atoms with Crippen molar-refractivity contribution in [3.05, 3.63) is 47.7 Å². The van der Waals surface area contributed by atoms with E-state index >= 15 is 0 Å². The molecule has 0 bridgehead atoms. The molecule has 2 rings (SSSR count). The number of ether oxygens (including phenoxy) is 2. The molecule has 0 aliphatic rings. The number of pyridine rings is 1. The van der Waals surface area contributed by atoms with Crippen LogP contribution in [0.25, 0.3) is 0 Å². The van der Waals surface area contributed by atoms with E-state index in [0.717, 1.165) is 0 Å². The zero-order valence-corrected chi connectivity index (χ0v) is 11.2. The van der Waals surface area contributed by atoms with E-state index in [1.807, 2.05) is 0 Å². The van der Waals surface area contributed by atoms with Crippen molar-refractivity contribution < 1.29 is 19.1 Å². The Bertz CT molecular complexity index is 700.